The first-order valence-electron chi connectivity index (χ1n) is 6.15. The zero-order valence-corrected chi connectivity index (χ0v) is 11.1. The summed E-state index contributed by atoms with van der Waals surface area (Å²) in [6.45, 7) is 4.06. The smallest absolute Gasteiger partial charge is 0.336 e. The molecule has 2 heteroatoms. The van der Waals surface area contributed by atoms with E-state index in [4.69, 9.17) is 0 Å². The molecule has 0 spiro atoms. The highest BCUT2D eigenvalue weighted by molar-refractivity contribution is 6.20. The Morgan fingerprint density at radius 1 is 1.00 bits per heavy atom. The van der Waals surface area contributed by atoms with Crippen molar-refractivity contribution in [1.82, 2.24) is 0 Å². The Kier molecular flexibility index (Phi) is 3.81. The predicted molar refractivity (Wildman–Crippen MR) is 77.9 cm³/mol. The normalized spacial score (nSPS) is 11.4. The highest BCUT2D eigenvalue weighted by atomic mass is 16.4. The van der Waals surface area contributed by atoms with Crippen LogP contribution in [0, 0.1) is 13.8 Å². The number of hydrogen-bond donors (Lipinski definition) is 1. The quantitative estimate of drug-likeness (QED) is 0.664. The lowest BCUT2D eigenvalue weighted by atomic mass is 10.0. The molecule has 0 saturated carbocycles. The van der Waals surface area contributed by atoms with Crippen LogP contribution < -0.4 is 0 Å². The fourth-order valence-corrected chi connectivity index (χ4v) is 1.91. The first-order chi connectivity index (χ1) is 9.08. The van der Waals surface area contributed by atoms with E-state index in [0.29, 0.717) is 11.1 Å². The van der Waals surface area contributed by atoms with Gasteiger partial charge in [-0.3, -0.25) is 0 Å². The van der Waals surface area contributed by atoms with Gasteiger partial charge in [-0.25, -0.2) is 4.79 Å². The van der Waals surface area contributed by atoms with Gasteiger partial charge < -0.3 is 5.11 Å². The molecule has 0 heterocycles. The summed E-state index contributed by atoms with van der Waals surface area (Å²) in [6.07, 6.45) is 1.71. The van der Waals surface area contributed by atoms with Crippen molar-refractivity contribution >= 4 is 17.6 Å². The minimum atomic E-state index is -0.913. The molecule has 19 heavy (non-hydrogen) atoms. The molecule has 2 rings (SSSR count). The van der Waals surface area contributed by atoms with E-state index >= 15 is 0 Å². The molecule has 0 aromatic heterocycles. The summed E-state index contributed by atoms with van der Waals surface area (Å²) in [4.78, 5) is 11.4. The van der Waals surface area contributed by atoms with Crippen molar-refractivity contribution in [2.75, 3.05) is 0 Å². The summed E-state index contributed by atoms with van der Waals surface area (Å²) in [5, 5.41) is 9.34. The minimum Gasteiger partial charge on any atom is -0.478 e. The lowest BCUT2D eigenvalue weighted by Gasteiger charge is -2.05. The third kappa shape index (κ3) is 3.10. The lowest BCUT2D eigenvalue weighted by molar-refractivity contribution is -0.130. The largest absolute Gasteiger partial charge is 0.478 e. The van der Waals surface area contributed by atoms with Crippen LogP contribution in [-0.2, 0) is 4.79 Å². The average molecular weight is 252 g/mol. The Morgan fingerprint density at radius 3 is 2.26 bits per heavy atom. The van der Waals surface area contributed by atoms with Crippen LogP contribution in [0.2, 0.25) is 0 Å². The molecule has 0 amide bonds. The highest BCUT2D eigenvalue weighted by Gasteiger charge is 2.09. The van der Waals surface area contributed by atoms with Crippen molar-refractivity contribution in [2.24, 2.45) is 0 Å². The third-order valence-corrected chi connectivity index (χ3v) is 3.16. The summed E-state index contributed by atoms with van der Waals surface area (Å²) < 4.78 is 0. The Hall–Kier alpha value is -2.35. The van der Waals surface area contributed by atoms with Gasteiger partial charge in [0.15, 0.2) is 0 Å². The SMILES string of the molecule is Cc1ccc(/C=C(\C(=O)O)c2ccccc2)cc1C. The third-order valence-electron chi connectivity index (χ3n) is 3.16. The first kappa shape index (κ1) is 13.1. The van der Waals surface area contributed by atoms with Crippen molar-refractivity contribution in [3.05, 3.63) is 70.8 Å². The number of aryl methyl sites for hydroxylation is 2. The van der Waals surface area contributed by atoms with Crippen LogP contribution in [0.15, 0.2) is 48.5 Å². The van der Waals surface area contributed by atoms with Gasteiger partial charge in [-0.1, -0.05) is 48.5 Å². The van der Waals surface area contributed by atoms with Crippen LogP contribution in [0.4, 0.5) is 0 Å². The van der Waals surface area contributed by atoms with Crippen LogP contribution >= 0.6 is 0 Å². The van der Waals surface area contributed by atoms with Gasteiger partial charge in [0.05, 0.1) is 5.57 Å². The number of carboxylic acids is 1. The summed E-state index contributed by atoms with van der Waals surface area (Å²) in [5.74, 6) is -0.913. The summed E-state index contributed by atoms with van der Waals surface area (Å²) in [6, 6.07) is 15.1. The highest BCUT2D eigenvalue weighted by Crippen LogP contribution is 2.20. The number of rotatable bonds is 3. The van der Waals surface area contributed by atoms with Crippen molar-refractivity contribution in [3.63, 3.8) is 0 Å². The molecule has 0 saturated heterocycles. The van der Waals surface area contributed by atoms with E-state index in [1.807, 2.05) is 50.2 Å². The molecule has 0 fully saturated rings. The molecule has 1 N–H and O–H groups in total. The van der Waals surface area contributed by atoms with Crippen LogP contribution in [0.25, 0.3) is 11.6 Å². The van der Waals surface area contributed by atoms with Crippen molar-refractivity contribution in [3.8, 4) is 0 Å². The molecule has 0 atom stereocenters. The summed E-state index contributed by atoms with van der Waals surface area (Å²) in [5.41, 5.74) is 4.29. The van der Waals surface area contributed by atoms with Gasteiger partial charge in [-0.2, -0.15) is 0 Å². The van der Waals surface area contributed by atoms with E-state index < -0.39 is 5.97 Å². The van der Waals surface area contributed by atoms with Gasteiger partial charge >= 0.3 is 5.97 Å². The van der Waals surface area contributed by atoms with Gasteiger partial charge in [-0.15, -0.1) is 0 Å². The Balaban J connectivity index is 2.47. The second-order valence-electron chi connectivity index (χ2n) is 4.57. The number of carbonyl (C=O) groups is 1. The van der Waals surface area contributed by atoms with E-state index in [1.54, 1.807) is 18.2 Å². The molecule has 0 aliphatic rings. The molecule has 0 aliphatic carbocycles. The Morgan fingerprint density at radius 2 is 1.68 bits per heavy atom. The van der Waals surface area contributed by atoms with Crippen molar-refractivity contribution in [2.45, 2.75) is 13.8 Å². The number of carboxylic acid groups (broad SMARTS) is 1. The molecular weight excluding hydrogens is 236 g/mol. The molecule has 96 valence electrons. The fourth-order valence-electron chi connectivity index (χ4n) is 1.91. The van der Waals surface area contributed by atoms with E-state index in [0.717, 1.165) is 11.1 Å². The second kappa shape index (κ2) is 5.53. The van der Waals surface area contributed by atoms with Gasteiger partial charge in [0.2, 0.25) is 0 Å². The molecule has 0 aliphatic heterocycles. The number of benzene rings is 2. The molecule has 0 unspecified atom stereocenters. The van der Waals surface area contributed by atoms with Gasteiger partial charge in [0, 0.05) is 0 Å². The summed E-state index contributed by atoms with van der Waals surface area (Å²) >= 11 is 0. The van der Waals surface area contributed by atoms with Crippen LogP contribution in [0.5, 0.6) is 0 Å². The molecule has 2 aromatic rings. The topological polar surface area (TPSA) is 37.3 Å². The summed E-state index contributed by atoms with van der Waals surface area (Å²) in [7, 11) is 0. The lowest BCUT2D eigenvalue weighted by Crippen LogP contribution is -1.99. The maximum Gasteiger partial charge on any atom is 0.336 e. The fraction of sp³-hybridized carbons (Fsp3) is 0.118. The minimum absolute atomic E-state index is 0.309. The Labute approximate surface area is 113 Å². The van der Waals surface area contributed by atoms with E-state index in [-0.39, 0.29) is 0 Å². The van der Waals surface area contributed by atoms with Gasteiger partial charge in [0.1, 0.15) is 0 Å². The molecule has 2 nitrogen and oxygen atoms in total. The van der Waals surface area contributed by atoms with Gasteiger partial charge in [0.25, 0.3) is 0 Å². The molecular formula is C17H16O2. The second-order valence-corrected chi connectivity index (χ2v) is 4.57. The monoisotopic (exact) mass is 252 g/mol. The molecule has 0 bridgehead atoms. The average Bonchev–Trinajstić information content (AvgIpc) is 2.40. The maximum absolute atomic E-state index is 11.4. The van der Waals surface area contributed by atoms with Crippen molar-refractivity contribution < 1.29 is 9.90 Å². The van der Waals surface area contributed by atoms with E-state index in [9.17, 15) is 9.90 Å². The van der Waals surface area contributed by atoms with Crippen LogP contribution in [-0.4, -0.2) is 11.1 Å². The molecule has 2 aromatic carbocycles. The van der Waals surface area contributed by atoms with Crippen molar-refractivity contribution in [1.29, 1.82) is 0 Å². The number of aliphatic carboxylic acids is 1. The molecule has 0 radical (unpaired) electrons. The predicted octanol–water partition coefficient (Wildman–Crippen LogP) is 3.93. The standard InChI is InChI=1S/C17H16O2/c1-12-8-9-14(10-13(12)2)11-16(17(18)19)15-6-4-3-5-7-15/h3-11H,1-2H3,(H,18,19)/b16-11-. The van der Waals surface area contributed by atoms with Crippen LogP contribution in [0.3, 0.4) is 0 Å². The maximum atomic E-state index is 11.4. The zero-order chi connectivity index (χ0) is 13.8. The zero-order valence-electron chi connectivity index (χ0n) is 11.1. The number of hydrogen-bond acceptors (Lipinski definition) is 1. The first-order valence-corrected chi connectivity index (χ1v) is 6.15. The van der Waals surface area contributed by atoms with E-state index in [1.165, 1.54) is 5.56 Å². The van der Waals surface area contributed by atoms with Crippen LogP contribution in [0.1, 0.15) is 22.3 Å². The van der Waals surface area contributed by atoms with E-state index in [2.05, 4.69) is 0 Å². The van der Waals surface area contributed by atoms with Gasteiger partial charge in [-0.05, 0) is 42.2 Å². The Bertz CT molecular complexity index is 625.